The Morgan fingerprint density at radius 2 is 1.87 bits per heavy atom. The number of alkyl halides is 3. The molecule has 0 bridgehead atoms. The van der Waals surface area contributed by atoms with Crippen molar-refractivity contribution in [1.29, 1.82) is 0 Å². The zero-order valence-electron chi connectivity index (χ0n) is 13.9. The first kappa shape index (κ1) is 18.4. The van der Waals surface area contributed by atoms with Crippen LogP contribution in [0.15, 0.2) is 4.99 Å². The van der Waals surface area contributed by atoms with Gasteiger partial charge in [-0.1, -0.05) is 12.8 Å². The monoisotopic (exact) mass is 335 g/mol. The predicted octanol–water partition coefficient (Wildman–Crippen LogP) is 3.04. The summed E-state index contributed by atoms with van der Waals surface area (Å²) in [6.45, 7) is 4.36. The molecule has 1 aliphatic carbocycles. The Morgan fingerprint density at radius 1 is 1.22 bits per heavy atom. The van der Waals surface area contributed by atoms with Gasteiger partial charge in [0, 0.05) is 32.8 Å². The van der Waals surface area contributed by atoms with Gasteiger partial charge < -0.3 is 15.0 Å². The highest BCUT2D eigenvalue weighted by Crippen LogP contribution is 2.35. The average molecular weight is 335 g/mol. The topological polar surface area (TPSA) is 36.9 Å². The van der Waals surface area contributed by atoms with E-state index in [0.29, 0.717) is 13.0 Å². The summed E-state index contributed by atoms with van der Waals surface area (Å²) in [5.74, 6) is 2.46. The van der Waals surface area contributed by atoms with Gasteiger partial charge in [-0.3, -0.25) is 4.99 Å². The van der Waals surface area contributed by atoms with Crippen LogP contribution in [0.2, 0.25) is 0 Å². The summed E-state index contributed by atoms with van der Waals surface area (Å²) in [4.78, 5) is 6.88. The highest BCUT2D eigenvalue weighted by molar-refractivity contribution is 5.80. The average Bonchev–Trinajstić information content (AvgIpc) is 2.92. The van der Waals surface area contributed by atoms with Crippen LogP contribution in [-0.2, 0) is 4.74 Å². The van der Waals surface area contributed by atoms with Crippen molar-refractivity contribution in [1.82, 2.24) is 10.2 Å². The molecule has 0 amide bonds. The fourth-order valence-corrected chi connectivity index (χ4v) is 3.54. The van der Waals surface area contributed by atoms with Crippen molar-refractivity contribution in [3.63, 3.8) is 0 Å². The van der Waals surface area contributed by atoms with E-state index in [2.05, 4.69) is 19.9 Å². The molecule has 1 aliphatic heterocycles. The van der Waals surface area contributed by atoms with Gasteiger partial charge in [0.2, 0.25) is 0 Å². The number of hydrogen-bond donors (Lipinski definition) is 1. The van der Waals surface area contributed by atoms with Crippen LogP contribution in [0.4, 0.5) is 13.2 Å². The summed E-state index contributed by atoms with van der Waals surface area (Å²) in [6.07, 6.45) is 1.55. The second kappa shape index (κ2) is 8.76. The molecule has 2 aliphatic rings. The maximum Gasteiger partial charge on any atom is 0.411 e. The van der Waals surface area contributed by atoms with Gasteiger partial charge in [0.1, 0.15) is 6.61 Å². The van der Waals surface area contributed by atoms with Gasteiger partial charge in [0.15, 0.2) is 5.96 Å². The highest BCUT2D eigenvalue weighted by atomic mass is 19.4. The van der Waals surface area contributed by atoms with Gasteiger partial charge in [-0.05, 0) is 38.0 Å². The van der Waals surface area contributed by atoms with Crippen LogP contribution in [0, 0.1) is 11.8 Å². The number of aliphatic imine (C=N–C) groups is 1. The minimum atomic E-state index is -4.25. The summed E-state index contributed by atoms with van der Waals surface area (Å²) >= 11 is 0. The lowest BCUT2D eigenvalue weighted by molar-refractivity contribution is -0.173. The number of nitrogens with zero attached hydrogens (tertiary/aromatic N) is 2. The number of likely N-dealkylation sites (tertiary alicyclic amines) is 1. The van der Waals surface area contributed by atoms with Crippen LogP contribution in [-0.4, -0.2) is 56.4 Å². The van der Waals surface area contributed by atoms with Crippen molar-refractivity contribution in [2.75, 3.05) is 39.4 Å². The Morgan fingerprint density at radius 3 is 2.43 bits per heavy atom. The largest absolute Gasteiger partial charge is 0.411 e. The standard InChI is InChI=1S/C16H28F3N3O/c1-2-20-15(21-8-5-9-23-12-16(17,18)19)22-10-13-6-3-4-7-14(13)11-22/h13-14H,2-12H2,1H3,(H,20,21). The normalized spacial score (nSPS) is 25.6. The maximum absolute atomic E-state index is 12.0. The van der Waals surface area contributed by atoms with Gasteiger partial charge in [-0.25, -0.2) is 0 Å². The molecular formula is C16H28F3N3O. The van der Waals surface area contributed by atoms with Crippen LogP contribution in [0.1, 0.15) is 39.0 Å². The first-order valence-electron chi connectivity index (χ1n) is 8.67. The van der Waals surface area contributed by atoms with Crippen LogP contribution in [0.25, 0.3) is 0 Å². The van der Waals surface area contributed by atoms with Gasteiger partial charge in [0.25, 0.3) is 0 Å². The van der Waals surface area contributed by atoms with Crippen molar-refractivity contribution in [2.24, 2.45) is 16.8 Å². The SMILES string of the molecule is CCNC(=NCCCOCC(F)(F)F)N1CC2CCCCC2C1. The Labute approximate surface area is 136 Å². The summed E-state index contributed by atoms with van der Waals surface area (Å²) in [5.41, 5.74) is 0. The third-order valence-corrected chi connectivity index (χ3v) is 4.58. The zero-order valence-corrected chi connectivity index (χ0v) is 13.9. The molecule has 134 valence electrons. The van der Waals surface area contributed by atoms with E-state index in [4.69, 9.17) is 0 Å². The van der Waals surface area contributed by atoms with Crippen molar-refractivity contribution < 1.29 is 17.9 Å². The van der Waals surface area contributed by atoms with Crippen LogP contribution < -0.4 is 5.32 Å². The molecule has 1 N–H and O–H groups in total. The van der Waals surface area contributed by atoms with Gasteiger partial charge in [-0.15, -0.1) is 0 Å². The fraction of sp³-hybridized carbons (Fsp3) is 0.938. The third-order valence-electron chi connectivity index (χ3n) is 4.58. The number of halogens is 3. The van der Waals surface area contributed by atoms with Gasteiger partial charge in [0.05, 0.1) is 0 Å². The van der Waals surface area contributed by atoms with Crippen molar-refractivity contribution >= 4 is 5.96 Å². The summed E-state index contributed by atoms with van der Waals surface area (Å²) < 4.78 is 40.5. The quantitative estimate of drug-likeness (QED) is 0.460. The first-order chi connectivity index (χ1) is 11.0. The number of guanidine groups is 1. The zero-order chi connectivity index (χ0) is 16.7. The summed E-state index contributed by atoms with van der Waals surface area (Å²) in [7, 11) is 0. The van der Waals surface area contributed by atoms with Crippen LogP contribution in [0.5, 0.6) is 0 Å². The number of ether oxygens (including phenoxy) is 1. The smallest absolute Gasteiger partial charge is 0.372 e. The second-order valence-electron chi connectivity index (χ2n) is 6.47. The fourth-order valence-electron chi connectivity index (χ4n) is 3.54. The molecule has 0 spiro atoms. The van der Waals surface area contributed by atoms with E-state index in [0.717, 1.165) is 37.4 Å². The number of hydrogen-bond acceptors (Lipinski definition) is 2. The Kier molecular flexibility index (Phi) is 6.99. The second-order valence-corrected chi connectivity index (χ2v) is 6.47. The Hall–Kier alpha value is -0.980. The molecule has 2 atom stereocenters. The minimum Gasteiger partial charge on any atom is -0.372 e. The minimum absolute atomic E-state index is 0.0909. The molecule has 23 heavy (non-hydrogen) atoms. The molecule has 0 aromatic rings. The van der Waals surface area contributed by atoms with Crippen LogP contribution in [0.3, 0.4) is 0 Å². The molecule has 4 nitrogen and oxygen atoms in total. The van der Waals surface area contributed by atoms with Crippen molar-refractivity contribution in [3.8, 4) is 0 Å². The van der Waals surface area contributed by atoms with E-state index in [-0.39, 0.29) is 6.61 Å². The lowest BCUT2D eigenvalue weighted by Crippen LogP contribution is -2.40. The van der Waals surface area contributed by atoms with E-state index in [1.165, 1.54) is 25.7 Å². The molecule has 2 unspecified atom stereocenters. The van der Waals surface area contributed by atoms with Gasteiger partial charge >= 0.3 is 6.18 Å². The molecule has 2 rings (SSSR count). The van der Waals surface area contributed by atoms with Gasteiger partial charge in [-0.2, -0.15) is 13.2 Å². The lowest BCUT2D eigenvalue weighted by atomic mass is 9.82. The Bertz CT molecular complexity index is 373. The molecule has 0 aromatic heterocycles. The molecule has 1 saturated carbocycles. The summed E-state index contributed by atoms with van der Waals surface area (Å²) in [5, 5.41) is 3.30. The van der Waals surface area contributed by atoms with E-state index in [9.17, 15) is 13.2 Å². The molecule has 1 saturated heterocycles. The molecule has 1 heterocycles. The Balaban J connectivity index is 1.74. The molecular weight excluding hydrogens is 307 g/mol. The summed E-state index contributed by atoms with van der Waals surface area (Å²) in [6, 6.07) is 0. The number of rotatable bonds is 6. The lowest BCUT2D eigenvalue weighted by Gasteiger charge is -2.22. The number of nitrogens with one attached hydrogen (secondary N) is 1. The van der Waals surface area contributed by atoms with Crippen molar-refractivity contribution in [2.45, 2.75) is 45.2 Å². The third kappa shape index (κ3) is 6.20. The molecule has 7 heteroatoms. The molecule has 0 radical (unpaired) electrons. The highest BCUT2D eigenvalue weighted by Gasteiger charge is 2.35. The first-order valence-corrected chi connectivity index (χ1v) is 8.67. The van der Waals surface area contributed by atoms with E-state index < -0.39 is 12.8 Å². The van der Waals surface area contributed by atoms with E-state index >= 15 is 0 Å². The van der Waals surface area contributed by atoms with Crippen molar-refractivity contribution in [3.05, 3.63) is 0 Å². The van der Waals surface area contributed by atoms with E-state index in [1.54, 1.807) is 0 Å². The molecule has 0 aromatic carbocycles. The number of fused-ring (bicyclic) bond motifs is 1. The van der Waals surface area contributed by atoms with Crippen LogP contribution >= 0.6 is 0 Å². The van der Waals surface area contributed by atoms with E-state index in [1.807, 2.05) is 6.92 Å². The maximum atomic E-state index is 12.0. The predicted molar refractivity (Wildman–Crippen MR) is 84.5 cm³/mol. The molecule has 2 fully saturated rings.